The van der Waals surface area contributed by atoms with Gasteiger partial charge in [-0.3, -0.25) is 19.5 Å². The first kappa shape index (κ1) is 28.1. The van der Waals surface area contributed by atoms with E-state index < -0.39 is 35.8 Å². The monoisotopic (exact) mass is 572 g/mol. The number of hydrogen-bond donors (Lipinski definition) is 2. The van der Waals surface area contributed by atoms with Crippen molar-refractivity contribution in [3.05, 3.63) is 53.9 Å². The molecule has 0 bridgehead atoms. The average Bonchev–Trinajstić information content (AvgIpc) is 3.73. The van der Waals surface area contributed by atoms with Gasteiger partial charge in [-0.05, 0) is 30.9 Å². The second-order valence-electron chi connectivity index (χ2n) is 10.1. The van der Waals surface area contributed by atoms with Gasteiger partial charge in [0.25, 0.3) is 5.91 Å². The van der Waals surface area contributed by atoms with Crippen LogP contribution in [0.3, 0.4) is 0 Å². The number of alkyl carbamates (subject to hydrolysis) is 1. The third-order valence-corrected chi connectivity index (χ3v) is 7.08. The largest absolute Gasteiger partial charge is 0.449 e. The fraction of sp³-hybridized carbons (Fsp3) is 0.444. The van der Waals surface area contributed by atoms with Crippen LogP contribution < -0.4 is 20.4 Å². The van der Waals surface area contributed by atoms with Gasteiger partial charge in [-0.15, -0.1) is 0 Å². The molecule has 2 aliphatic heterocycles. The van der Waals surface area contributed by atoms with Crippen LogP contribution in [0.1, 0.15) is 23.2 Å². The summed E-state index contributed by atoms with van der Waals surface area (Å²) in [7, 11) is 0. The summed E-state index contributed by atoms with van der Waals surface area (Å²) in [5, 5.41) is 5.09. The normalized spacial score (nSPS) is 18.6. The number of carbonyl (C=O) groups excluding carboxylic acids is 4. The van der Waals surface area contributed by atoms with Gasteiger partial charge in [0.1, 0.15) is 11.8 Å². The highest BCUT2D eigenvalue weighted by atomic mass is 19.1. The van der Waals surface area contributed by atoms with Crippen molar-refractivity contribution < 1.29 is 37.4 Å². The van der Waals surface area contributed by atoms with Crippen molar-refractivity contribution >= 4 is 35.4 Å². The number of halogens is 2. The van der Waals surface area contributed by atoms with Gasteiger partial charge in [0.2, 0.25) is 5.91 Å². The van der Waals surface area contributed by atoms with Crippen molar-refractivity contribution in [1.29, 1.82) is 0 Å². The lowest BCUT2D eigenvalue weighted by atomic mass is 10.2. The van der Waals surface area contributed by atoms with E-state index >= 15 is 8.78 Å². The Kier molecular flexibility index (Phi) is 8.45. The Balaban J connectivity index is 1.11. The van der Waals surface area contributed by atoms with E-state index in [1.165, 1.54) is 22.2 Å². The molecule has 3 fully saturated rings. The van der Waals surface area contributed by atoms with Crippen molar-refractivity contribution in [3.8, 4) is 0 Å². The van der Waals surface area contributed by atoms with Gasteiger partial charge in [-0.2, -0.15) is 0 Å². The molecule has 3 heterocycles. The van der Waals surface area contributed by atoms with Crippen molar-refractivity contribution in [1.82, 2.24) is 20.5 Å². The number of hydrogen-bond acceptors (Lipinski definition) is 8. The van der Waals surface area contributed by atoms with Crippen molar-refractivity contribution in [2.75, 3.05) is 62.2 Å². The van der Waals surface area contributed by atoms with Crippen LogP contribution in [-0.4, -0.2) is 92.4 Å². The zero-order chi connectivity index (χ0) is 28.9. The van der Waals surface area contributed by atoms with Gasteiger partial charge < -0.3 is 29.9 Å². The number of nitrogens with zero attached hydrogens (tertiary/aromatic N) is 4. The number of ether oxygens (including phenoxy) is 2. The second kappa shape index (κ2) is 12.4. The summed E-state index contributed by atoms with van der Waals surface area (Å²) < 4.78 is 40.6. The molecule has 0 radical (unpaired) electrons. The fourth-order valence-electron chi connectivity index (χ4n) is 4.62. The Labute approximate surface area is 234 Å². The van der Waals surface area contributed by atoms with E-state index in [-0.39, 0.29) is 63.1 Å². The predicted molar refractivity (Wildman–Crippen MR) is 141 cm³/mol. The number of amides is 4. The minimum absolute atomic E-state index is 0.00191. The molecule has 4 amide bonds. The van der Waals surface area contributed by atoms with Gasteiger partial charge in [0.05, 0.1) is 37.5 Å². The zero-order valence-electron chi connectivity index (χ0n) is 22.2. The molecule has 0 unspecified atom stereocenters. The molecule has 3 aliphatic rings. The molecule has 0 spiro atoms. The van der Waals surface area contributed by atoms with Crippen LogP contribution >= 0.6 is 0 Å². The van der Waals surface area contributed by atoms with E-state index in [0.29, 0.717) is 18.1 Å². The highest BCUT2D eigenvalue weighted by molar-refractivity contribution is 5.96. The SMILES string of the molecule is O=C(NC[C@H]1CN(c2cc(F)c(N3CCN(C(=O)CNC(=O)c4cccnc4)CC3)c(F)c2)C(=O)O1)OCC1CC1. The standard InChI is InChI=1S/C27H30F2N6O6/c28-21-10-19(35-15-20(41-27(35)39)13-32-26(38)40-16-17-3-4-17)11-22(29)24(21)34-8-6-33(7-9-34)23(36)14-31-25(37)18-2-1-5-30-12-18/h1-2,5,10-12,17,20H,3-4,6-9,13-16H2,(H,31,37)(H,32,38)/t20-/m0/s1. The van der Waals surface area contributed by atoms with E-state index in [9.17, 15) is 19.2 Å². The molecule has 2 saturated heterocycles. The summed E-state index contributed by atoms with van der Waals surface area (Å²) in [6, 6.07) is 5.32. The molecule has 12 nitrogen and oxygen atoms in total. The molecule has 218 valence electrons. The van der Waals surface area contributed by atoms with Gasteiger partial charge >= 0.3 is 12.2 Å². The number of anilines is 2. The van der Waals surface area contributed by atoms with E-state index in [0.717, 1.165) is 29.9 Å². The lowest BCUT2D eigenvalue weighted by Gasteiger charge is -2.36. The number of rotatable bonds is 9. The van der Waals surface area contributed by atoms with Crippen LogP contribution in [0, 0.1) is 17.6 Å². The molecule has 2 aromatic rings. The highest BCUT2D eigenvalue weighted by Crippen LogP contribution is 2.32. The number of nitrogens with one attached hydrogen (secondary N) is 2. The Bertz CT molecular complexity index is 1280. The maximum absolute atomic E-state index is 15.1. The van der Waals surface area contributed by atoms with Gasteiger partial charge in [-0.1, -0.05) is 0 Å². The first-order valence-electron chi connectivity index (χ1n) is 13.4. The van der Waals surface area contributed by atoms with Crippen molar-refractivity contribution in [3.63, 3.8) is 0 Å². The first-order chi connectivity index (χ1) is 19.8. The van der Waals surface area contributed by atoms with E-state index in [1.807, 2.05) is 0 Å². The third kappa shape index (κ3) is 6.99. The number of carbonyl (C=O) groups is 4. The number of aromatic nitrogens is 1. The fourth-order valence-corrected chi connectivity index (χ4v) is 4.62. The molecular weight excluding hydrogens is 542 g/mol. The maximum atomic E-state index is 15.1. The number of cyclic esters (lactones) is 1. The summed E-state index contributed by atoms with van der Waals surface area (Å²) in [4.78, 5) is 56.8. The van der Waals surface area contributed by atoms with Crippen LogP contribution in [0.15, 0.2) is 36.7 Å². The molecule has 1 saturated carbocycles. The second-order valence-corrected chi connectivity index (χ2v) is 10.1. The Morgan fingerprint density at radius 3 is 2.46 bits per heavy atom. The maximum Gasteiger partial charge on any atom is 0.414 e. The topological polar surface area (TPSA) is 133 Å². The molecule has 14 heteroatoms. The van der Waals surface area contributed by atoms with Crippen LogP contribution in [0.25, 0.3) is 0 Å². The van der Waals surface area contributed by atoms with E-state index in [1.54, 1.807) is 12.1 Å². The molecule has 41 heavy (non-hydrogen) atoms. The third-order valence-electron chi connectivity index (χ3n) is 7.08. The van der Waals surface area contributed by atoms with Crippen LogP contribution in [0.2, 0.25) is 0 Å². The van der Waals surface area contributed by atoms with Crippen LogP contribution in [-0.2, 0) is 14.3 Å². The Hall–Kier alpha value is -4.49. The minimum atomic E-state index is -0.860. The molecule has 1 aliphatic carbocycles. The molecule has 5 rings (SSSR count). The number of benzene rings is 1. The van der Waals surface area contributed by atoms with Crippen molar-refractivity contribution in [2.24, 2.45) is 5.92 Å². The van der Waals surface area contributed by atoms with Gasteiger partial charge in [-0.25, -0.2) is 18.4 Å². The lowest BCUT2D eigenvalue weighted by molar-refractivity contribution is -0.130. The summed E-state index contributed by atoms with van der Waals surface area (Å²) in [6.07, 6.45) is 2.92. The van der Waals surface area contributed by atoms with E-state index in [2.05, 4.69) is 15.6 Å². The highest BCUT2D eigenvalue weighted by Gasteiger charge is 2.34. The average molecular weight is 573 g/mol. The minimum Gasteiger partial charge on any atom is -0.449 e. The summed E-state index contributed by atoms with van der Waals surface area (Å²) >= 11 is 0. The molecule has 2 N–H and O–H groups in total. The van der Waals surface area contributed by atoms with E-state index in [4.69, 9.17) is 9.47 Å². The number of piperazine rings is 1. The first-order valence-corrected chi connectivity index (χ1v) is 13.4. The van der Waals surface area contributed by atoms with Crippen LogP contribution in [0.5, 0.6) is 0 Å². The summed E-state index contributed by atoms with van der Waals surface area (Å²) in [5.41, 5.74) is 0.0680. The predicted octanol–water partition coefficient (Wildman–Crippen LogP) is 1.90. The van der Waals surface area contributed by atoms with Gasteiger partial charge in [0, 0.05) is 50.7 Å². The summed E-state index contributed by atoms with van der Waals surface area (Å²) in [6.45, 7) is 0.899. The number of pyridine rings is 1. The summed E-state index contributed by atoms with van der Waals surface area (Å²) in [5.74, 6) is -2.04. The Morgan fingerprint density at radius 1 is 1.07 bits per heavy atom. The quantitative estimate of drug-likeness (QED) is 0.466. The van der Waals surface area contributed by atoms with Gasteiger partial charge in [0.15, 0.2) is 11.6 Å². The molecule has 1 aromatic heterocycles. The lowest BCUT2D eigenvalue weighted by Crippen LogP contribution is -2.51. The Morgan fingerprint density at radius 2 is 1.80 bits per heavy atom. The smallest absolute Gasteiger partial charge is 0.414 e. The zero-order valence-corrected chi connectivity index (χ0v) is 22.2. The molecule has 1 atom stereocenters. The van der Waals surface area contributed by atoms with Crippen molar-refractivity contribution in [2.45, 2.75) is 18.9 Å². The molecular formula is C27H30F2N6O6. The molecule has 1 aromatic carbocycles. The van der Waals surface area contributed by atoms with Crippen LogP contribution in [0.4, 0.5) is 29.7 Å².